The first-order chi connectivity index (χ1) is 12.5. The molecule has 2 heterocycles. The topological polar surface area (TPSA) is 59.4 Å². The normalized spacial score (nSPS) is 17.9. The molecule has 1 aliphatic heterocycles. The summed E-state index contributed by atoms with van der Waals surface area (Å²) in [5.74, 6) is 0.726. The predicted molar refractivity (Wildman–Crippen MR) is 110 cm³/mol. The fourth-order valence-corrected chi connectivity index (χ4v) is 4.94. The molecule has 1 aromatic carbocycles. The molecular weight excluding hydrogens is 388 g/mol. The minimum atomic E-state index is -0.168. The molecule has 1 saturated heterocycles. The van der Waals surface area contributed by atoms with Gasteiger partial charge in [0.1, 0.15) is 5.25 Å². The summed E-state index contributed by atoms with van der Waals surface area (Å²) in [7, 11) is 1.43. The number of methoxy groups -OCH3 is 1. The molecule has 0 radical (unpaired) electrons. The van der Waals surface area contributed by atoms with Gasteiger partial charge in [0.05, 0.1) is 13.8 Å². The SMILES string of the molecule is COC(=O)[C@@H]1CN(Cn2nc(Nc3cccc(C)c3C)sc2=S)CCS1. The lowest BCUT2D eigenvalue weighted by atomic mass is 10.1. The predicted octanol–water partition coefficient (Wildman–Crippen LogP) is 3.58. The van der Waals surface area contributed by atoms with Gasteiger partial charge in [-0.15, -0.1) is 16.9 Å². The van der Waals surface area contributed by atoms with Crippen LogP contribution >= 0.6 is 35.3 Å². The molecule has 0 unspecified atom stereocenters. The molecule has 0 bridgehead atoms. The van der Waals surface area contributed by atoms with Crippen LogP contribution in [-0.4, -0.2) is 51.9 Å². The molecule has 1 N–H and O–H groups in total. The van der Waals surface area contributed by atoms with Crippen LogP contribution in [0, 0.1) is 17.8 Å². The highest BCUT2D eigenvalue weighted by atomic mass is 32.2. The third kappa shape index (κ3) is 4.46. The summed E-state index contributed by atoms with van der Waals surface area (Å²) in [5.41, 5.74) is 3.48. The first-order valence-corrected chi connectivity index (χ1v) is 10.6. The molecule has 1 atom stereocenters. The number of hydrogen-bond donors (Lipinski definition) is 1. The highest BCUT2D eigenvalue weighted by Crippen LogP contribution is 2.25. The van der Waals surface area contributed by atoms with Crippen molar-refractivity contribution in [2.24, 2.45) is 0 Å². The first-order valence-electron chi connectivity index (χ1n) is 8.31. The Labute approximate surface area is 166 Å². The summed E-state index contributed by atoms with van der Waals surface area (Å²) in [6.45, 7) is 6.31. The summed E-state index contributed by atoms with van der Waals surface area (Å²) < 4.78 is 7.40. The Morgan fingerprint density at radius 3 is 3.04 bits per heavy atom. The van der Waals surface area contributed by atoms with Crippen molar-refractivity contribution >= 4 is 52.1 Å². The largest absolute Gasteiger partial charge is 0.468 e. The van der Waals surface area contributed by atoms with Crippen molar-refractivity contribution in [1.29, 1.82) is 0 Å². The van der Waals surface area contributed by atoms with Crippen molar-refractivity contribution in [2.45, 2.75) is 25.8 Å². The lowest BCUT2D eigenvalue weighted by Gasteiger charge is -2.30. The molecule has 0 amide bonds. The minimum Gasteiger partial charge on any atom is -0.468 e. The van der Waals surface area contributed by atoms with Crippen LogP contribution in [-0.2, 0) is 16.2 Å². The third-order valence-corrected chi connectivity index (χ3v) is 6.79. The van der Waals surface area contributed by atoms with Crippen LogP contribution in [0.3, 0.4) is 0 Å². The summed E-state index contributed by atoms with van der Waals surface area (Å²) in [6, 6.07) is 6.16. The molecule has 26 heavy (non-hydrogen) atoms. The highest BCUT2D eigenvalue weighted by molar-refractivity contribution is 8.00. The van der Waals surface area contributed by atoms with E-state index in [0.717, 1.165) is 23.1 Å². The third-order valence-electron chi connectivity index (χ3n) is 4.40. The van der Waals surface area contributed by atoms with Crippen molar-refractivity contribution in [2.75, 3.05) is 31.3 Å². The van der Waals surface area contributed by atoms with E-state index in [1.165, 1.54) is 29.6 Å². The van der Waals surface area contributed by atoms with Gasteiger partial charge in [0.25, 0.3) is 0 Å². The second-order valence-electron chi connectivity index (χ2n) is 6.15. The molecule has 1 aliphatic rings. The molecule has 0 saturated carbocycles. The molecule has 6 nitrogen and oxygen atoms in total. The second-order valence-corrected chi connectivity index (χ2v) is 9.08. The number of anilines is 2. The fraction of sp³-hybridized carbons (Fsp3) is 0.471. The van der Waals surface area contributed by atoms with Crippen molar-refractivity contribution in [3.63, 3.8) is 0 Å². The van der Waals surface area contributed by atoms with Gasteiger partial charge in [-0.3, -0.25) is 9.69 Å². The fourth-order valence-electron chi connectivity index (χ4n) is 2.74. The van der Waals surface area contributed by atoms with E-state index in [0.29, 0.717) is 17.2 Å². The van der Waals surface area contributed by atoms with Crippen LogP contribution in [0.1, 0.15) is 11.1 Å². The smallest absolute Gasteiger partial charge is 0.320 e. The van der Waals surface area contributed by atoms with Crippen LogP contribution in [0.15, 0.2) is 18.2 Å². The van der Waals surface area contributed by atoms with Gasteiger partial charge in [-0.2, -0.15) is 0 Å². The second kappa shape index (κ2) is 8.51. The molecule has 140 valence electrons. The van der Waals surface area contributed by atoms with Crippen LogP contribution in [0.2, 0.25) is 0 Å². The van der Waals surface area contributed by atoms with Crippen LogP contribution < -0.4 is 5.32 Å². The van der Waals surface area contributed by atoms with Gasteiger partial charge in [-0.25, -0.2) is 4.68 Å². The number of thioether (sulfide) groups is 1. The zero-order valence-corrected chi connectivity index (χ0v) is 17.5. The van der Waals surface area contributed by atoms with E-state index in [1.54, 1.807) is 11.8 Å². The number of esters is 1. The lowest BCUT2D eigenvalue weighted by molar-refractivity contribution is -0.140. The molecule has 1 fully saturated rings. The summed E-state index contributed by atoms with van der Waals surface area (Å²) in [5, 5.41) is 8.62. The number of nitrogens with zero attached hydrogens (tertiary/aromatic N) is 3. The average molecular weight is 411 g/mol. The number of carbonyl (C=O) groups excluding carboxylic acids is 1. The van der Waals surface area contributed by atoms with Crippen molar-refractivity contribution < 1.29 is 9.53 Å². The molecule has 0 aliphatic carbocycles. The molecule has 2 aromatic rings. The Morgan fingerprint density at radius 2 is 2.27 bits per heavy atom. The number of hydrogen-bond acceptors (Lipinski definition) is 8. The maximum atomic E-state index is 11.8. The first kappa shape index (κ1) is 19.3. The standard InChI is InChI=1S/C17H22N4O2S3/c1-11-5-4-6-13(12(11)2)18-16-19-21(17(24)26-16)10-20-7-8-25-14(9-20)15(22)23-3/h4-6,14H,7-10H2,1-3H3,(H,18,19)/t14-/m0/s1. The molecule has 9 heteroatoms. The van der Waals surface area contributed by atoms with E-state index in [2.05, 4.69) is 35.2 Å². The Morgan fingerprint density at radius 1 is 1.46 bits per heavy atom. The number of ether oxygens (including phenoxy) is 1. The van der Waals surface area contributed by atoms with E-state index >= 15 is 0 Å². The van der Waals surface area contributed by atoms with Crippen LogP contribution in [0.4, 0.5) is 10.8 Å². The maximum Gasteiger partial charge on any atom is 0.320 e. The number of aromatic nitrogens is 2. The van der Waals surface area contributed by atoms with E-state index in [-0.39, 0.29) is 11.2 Å². The van der Waals surface area contributed by atoms with Gasteiger partial charge in [-0.05, 0) is 43.3 Å². The van der Waals surface area contributed by atoms with E-state index in [4.69, 9.17) is 17.0 Å². The number of benzene rings is 1. The maximum absolute atomic E-state index is 11.8. The number of aryl methyl sites for hydroxylation is 1. The number of rotatable bonds is 5. The lowest BCUT2D eigenvalue weighted by Crippen LogP contribution is -2.42. The van der Waals surface area contributed by atoms with Gasteiger partial charge in [-0.1, -0.05) is 23.5 Å². The minimum absolute atomic E-state index is 0.144. The molecule has 1 aromatic heterocycles. The van der Waals surface area contributed by atoms with Gasteiger partial charge in [0.2, 0.25) is 5.13 Å². The Balaban J connectivity index is 1.69. The molecular formula is C17H22N4O2S3. The monoisotopic (exact) mass is 410 g/mol. The highest BCUT2D eigenvalue weighted by Gasteiger charge is 2.27. The van der Waals surface area contributed by atoms with Gasteiger partial charge in [0.15, 0.2) is 3.95 Å². The number of carbonyl (C=O) groups is 1. The zero-order chi connectivity index (χ0) is 18.7. The van der Waals surface area contributed by atoms with E-state index in [9.17, 15) is 4.79 Å². The van der Waals surface area contributed by atoms with Gasteiger partial charge in [0, 0.05) is 24.5 Å². The Hall–Kier alpha value is -1.42. The Kier molecular flexibility index (Phi) is 6.33. The quantitative estimate of drug-likeness (QED) is 0.597. The van der Waals surface area contributed by atoms with Crippen molar-refractivity contribution in [3.8, 4) is 0 Å². The van der Waals surface area contributed by atoms with Crippen molar-refractivity contribution in [3.05, 3.63) is 33.3 Å². The molecule has 3 rings (SSSR count). The van der Waals surface area contributed by atoms with E-state index in [1.807, 2.05) is 16.8 Å². The zero-order valence-electron chi connectivity index (χ0n) is 15.0. The number of nitrogens with one attached hydrogen (secondary N) is 1. The van der Waals surface area contributed by atoms with Crippen LogP contribution in [0.25, 0.3) is 0 Å². The average Bonchev–Trinajstić information content (AvgIpc) is 2.97. The van der Waals surface area contributed by atoms with E-state index < -0.39 is 0 Å². The summed E-state index contributed by atoms with van der Waals surface area (Å²) >= 11 is 8.57. The van der Waals surface area contributed by atoms with Gasteiger partial charge >= 0.3 is 5.97 Å². The van der Waals surface area contributed by atoms with Crippen LogP contribution in [0.5, 0.6) is 0 Å². The molecule has 0 spiro atoms. The summed E-state index contributed by atoms with van der Waals surface area (Å²) in [6.07, 6.45) is 0. The van der Waals surface area contributed by atoms with Crippen molar-refractivity contribution in [1.82, 2.24) is 14.7 Å². The summed E-state index contributed by atoms with van der Waals surface area (Å²) in [4.78, 5) is 14.0. The Bertz CT molecular complexity index is 849. The van der Waals surface area contributed by atoms with Gasteiger partial charge < -0.3 is 10.1 Å².